The lowest BCUT2D eigenvalue weighted by atomic mass is 10.0. The zero-order valence-electron chi connectivity index (χ0n) is 24.8. The van der Waals surface area contributed by atoms with Crippen molar-refractivity contribution >= 4 is 46.7 Å². The van der Waals surface area contributed by atoms with E-state index in [1.165, 1.54) is 67.8 Å². The monoisotopic (exact) mass is 640 g/mol. The Hall–Kier alpha value is -6.04. The van der Waals surface area contributed by atoms with E-state index in [1.807, 2.05) is 0 Å². The lowest BCUT2D eigenvalue weighted by molar-refractivity contribution is 0.0598. The molecule has 0 saturated heterocycles. The van der Waals surface area contributed by atoms with Gasteiger partial charge in [-0.2, -0.15) is 0 Å². The van der Waals surface area contributed by atoms with Gasteiger partial charge < -0.3 is 20.5 Å². The molecule has 3 N–H and O–H groups in total. The Morgan fingerprint density at radius 2 is 1.02 bits per heavy atom. The summed E-state index contributed by atoms with van der Waals surface area (Å²) in [5, 5.41) is 14.4. The first-order valence-electron chi connectivity index (χ1n) is 14.3. The van der Waals surface area contributed by atoms with Gasteiger partial charge in [0.15, 0.2) is 11.6 Å². The van der Waals surface area contributed by atoms with Crippen molar-refractivity contribution in [3.8, 4) is 0 Å². The second-order valence-corrected chi connectivity index (χ2v) is 10.6. The van der Waals surface area contributed by atoms with Gasteiger partial charge in [-0.1, -0.05) is 0 Å². The van der Waals surface area contributed by atoms with Crippen LogP contribution in [0.4, 0.5) is 20.2 Å². The van der Waals surface area contributed by atoms with E-state index in [-0.39, 0.29) is 52.3 Å². The maximum absolute atomic E-state index is 12.9. The molecule has 0 unspecified atom stereocenters. The van der Waals surface area contributed by atoms with Crippen LogP contribution in [0.5, 0.6) is 0 Å². The van der Waals surface area contributed by atoms with Gasteiger partial charge in [-0.3, -0.25) is 19.2 Å². The standard InChI is InChI=1S/C18H14FNO4.C17H12FNO4/c1-24-18(23)13-6-8-14(16-12(13)7-9-15(16)21)20-17(22)10-2-4-11(19)5-3-10;18-10-3-1-9(2-4-10)16(21)19-13-7-5-12(17(22)23)11-6-8-14(20)15(11)13/h2-6,8H,7,9H2,1H3,(H,20,22);1-5,7H,6,8H2,(H,19,21)(H,22,23). The number of carbonyl (C=O) groups is 6. The van der Waals surface area contributed by atoms with Crippen molar-refractivity contribution in [1.29, 1.82) is 0 Å². The third-order valence-corrected chi connectivity index (χ3v) is 7.73. The number of anilines is 2. The third kappa shape index (κ3) is 6.81. The molecule has 0 radical (unpaired) electrons. The van der Waals surface area contributed by atoms with Crippen LogP contribution in [0.1, 0.15) is 86.1 Å². The summed E-state index contributed by atoms with van der Waals surface area (Å²) < 4.78 is 30.6. The molecule has 238 valence electrons. The first kappa shape index (κ1) is 32.4. The number of Topliss-reactive ketones (excluding diaryl/α,β-unsaturated/α-hetero) is 2. The van der Waals surface area contributed by atoms with Crippen molar-refractivity contribution in [2.24, 2.45) is 0 Å². The molecule has 0 bridgehead atoms. The van der Waals surface area contributed by atoms with Crippen LogP contribution in [-0.2, 0) is 17.6 Å². The zero-order chi connectivity index (χ0) is 33.8. The number of esters is 1. The van der Waals surface area contributed by atoms with Gasteiger partial charge in [0, 0.05) is 35.1 Å². The molecule has 47 heavy (non-hydrogen) atoms. The molecule has 0 aromatic heterocycles. The summed E-state index contributed by atoms with van der Waals surface area (Å²) in [4.78, 5) is 71.7. The molecule has 4 aromatic carbocycles. The fourth-order valence-electron chi connectivity index (χ4n) is 5.48. The van der Waals surface area contributed by atoms with Crippen LogP contribution in [0.2, 0.25) is 0 Å². The number of carboxylic acid groups (broad SMARTS) is 1. The summed E-state index contributed by atoms with van der Waals surface area (Å²) in [6.45, 7) is 0. The number of carboxylic acids is 1. The lowest BCUT2D eigenvalue weighted by Crippen LogP contribution is -2.15. The summed E-state index contributed by atoms with van der Waals surface area (Å²) >= 11 is 0. The van der Waals surface area contributed by atoms with Gasteiger partial charge in [0.05, 0.1) is 29.6 Å². The highest BCUT2D eigenvalue weighted by molar-refractivity contribution is 6.14. The van der Waals surface area contributed by atoms with Crippen LogP contribution < -0.4 is 10.6 Å². The van der Waals surface area contributed by atoms with E-state index in [0.29, 0.717) is 40.8 Å². The van der Waals surface area contributed by atoms with E-state index in [2.05, 4.69) is 10.6 Å². The second kappa shape index (κ2) is 13.5. The van der Waals surface area contributed by atoms with Crippen molar-refractivity contribution in [2.75, 3.05) is 17.7 Å². The Balaban J connectivity index is 0.000000185. The number of carbonyl (C=O) groups excluding carboxylic acids is 5. The third-order valence-electron chi connectivity index (χ3n) is 7.73. The van der Waals surface area contributed by atoms with E-state index in [0.717, 1.165) is 12.1 Å². The van der Waals surface area contributed by atoms with E-state index in [9.17, 15) is 42.7 Å². The van der Waals surface area contributed by atoms with E-state index in [4.69, 9.17) is 4.74 Å². The molecule has 0 spiro atoms. The number of aromatic carboxylic acids is 1. The number of rotatable bonds is 6. The summed E-state index contributed by atoms with van der Waals surface area (Å²) in [7, 11) is 1.27. The highest BCUT2D eigenvalue weighted by Crippen LogP contribution is 2.33. The number of ether oxygens (including phenoxy) is 1. The van der Waals surface area contributed by atoms with Gasteiger partial charge in [0.1, 0.15) is 11.6 Å². The minimum atomic E-state index is -1.10. The number of fused-ring (bicyclic) bond motifs is 2. The maximum atomic E-state index is 12.9. The van der Waals surface area contributed by atoms with E-state index >= 15 is 0 Å². The lowest BCUT2D eigenvalue weighted by Gasteiger charge is -2.12. The normalized spacial score (nSPS) is 12.7. The molecule has 0 fully saturated rings. The SMILES string of the molecule is COC(=O)c1ccc(NC(=O)c2ccc(F)cc2)c2c1CCC2=O.O=C(Nc1ccc(C(=O)O)c2c1C(=O)CC2)c1ccc(F)cc1. The average Bonchev–Trinajstić information content (AvgIpc) is 3.65. The molecule has 2 aliphatic carbocycles. The largest absolute Gasteiger partial charge is 0.478 e. The molecule has 0 heterocycles. The first-order valence-corrected chi connectivity index (χ1v) is 14.3. The van der Waals surface area contributed by atoms with Gasteiger partial charge >= 0.3 is 11.9 Å². The maximum Gasteiger partial charge on any atom is 0.338 e. The van der Waals surface area contributed by atoms with Crippen molar-refractivity contribution in [2.45, 2.75) is 25.7 Å². The Labute approximate surface area is 266 Å². The summed E-state index contributed by atoms with van der Waals surface area (Å²) in [5.74, 6) is -3.79. The van der Waals surface area contributed by atoms with Crippen LogP contribution in [-0.4, -0.2) is 47.5 Å². The molecule has 0 saturated carbocycles. The Kier molecular flexibility index (Phi) is 9.31. The minimum absolute atomic E-state index is 0.0747. The first-order chi connectivity index (χ1) is 22.5. The molecule has 12 heteroatoms. The summed E-state index contributed by atoms with van der Waals surface area (Å²) in [6.07, 6.45) is 1.27. The topological polar surface area (TPSA) is 156 Å². The van der Waals surface area contributed by atoms with Crippen molar-refractivity contribution in [1.82, 2.24) is 0 Å². The summed E-state index contributed by atoms with van der Waals surface area (Å²) in [5.41, 5.74) is 3.16. The number of halogens is 2. The molecule has 2 aliphatic rings. The fraction of sp³-hybridized carbons (Fsp3) is 0.143. The van der Waals surface area contributed by atoms with E-state index in [1.54, 1.807) is 0 Å². The van der Waals surface area contributed by atoms with Crippen LogP contribution in [0.15, 0.2) is 72.8 Å². The number of methoxy groups -OCH3 is 1. The second-order valence-electron chi connectivity index (χ2n) is 10.6. The molecule has 4 aromatic rings. The number of nitrogens with one attached hydrogen (secondary N) is 2. The van der Waals surface area contributed by atoms with Crippen molar-refractivity contribution < 1.29 is 47.4 Å². The predicted molar refractivity (Wildman–Crippen MR) is 165 cm³/mol. The minimum Gasteiger partial charge on any atom is -0.478 e. The quantitative estimate of drug-likeness (QED) is 0.220. The Bertz CT molecular complexity index is 1950. The molecule has 2 amide bonds. The van der Waals surface area contributed by atoms with Gasteiger partial charge in [0.25, 0.3) is 11.8 Å². The smallest absolute Gasteiger partial charge is 0.338 e. The molecule has 6 rings (SSSR count). The number of amides is 2. The van der Waals surface area contributed by atoms with Crippen LogP contribution in [0.25, 0.3) is 0 Å². The average molecular weight is 641 g/mol. The molecule has 0 aliphatic heterocycles. The number of benzene rings is 4. The molecular formula is C35H26F2N2O8. The van der Waals surface area contributed by atoms with Crippen molar-refractivity contribution in [3.05, 3.63) is 129 Å². The van der Waals surface area contributed by atoms with E-state index < -0.39 is 35.4 Å². The predicted octanol–water partition coefficient (Wildman–Crippen LogP) is 5.90. The van der Waals surface area contributed by atoms with Gasteiger partial charge in [-0.25, -0.2) is 18.4 Å². The van der Waals surface area contributed by atoms with Gasteiger partial charge in [-0.05, 0) is 96.8 Å². The number of ketones is 2. The van der Waals surface area contributed by atoms with Gasteiger partial charge in [-0.15, -0.1) is 0 Å². The Morgan fingerprint density at radius 3 is 1.43 bits per heavy atom. The highest BCUT2D eigenvalue weighted by Gasteiger charge is 2.30. The zero-order valence-corrected chi connectivity index (χ0v) is 24.8. The molecular weight excluding hydrogens is 614 g/mol. The fourth-order valence-corrected chi connectivity index (χ4v) is 5.48. The van der Waals surface area contributed by atoms with Crippen LogP contribution in [0, 0.1) is 11.6 Å². The van der Waals surface area contributed by atoms with Crippen molar-refractivity contribution in [3.63, 3.8) is 0 Å². The number of hydrogen-bond donors (Lipinski definition) is 3. The van der Waals surface area contributed by atoms with Gasteiger partial charge in [0.2, 0.25) is 0 Å². The van der Waals surface area contributed by atoms with Crippen LogP contribution >= 0.6 is 0 Å². The Morgan fingerprint density at radius 1 is 0.617 bits per heavy atom. The summed E-state index contributed by atoms with van der Waals surface area (Å²) in [6, 6.07) is 15.9. The highest BCUT2D eigenvalue weighted by atomic mass is 19.1. The van der Waals surface area contributed by atoms with Crippen LogP contribution in [0.3, 0.4) is 0 Å². The molecule has 10 nitrogen and oxygen atoms in total. The molecule has 0 atom stereocenters. The number of hydrogen-bond acceptors (Lipinski definition) is 7.